The molecule has 18 heavy (non-hydrogen) atoms. The molecule has 1 atom stereocenters. The molecule has 4 heteroatoms. The molecule has 0 amide bonds. The predicted molar refractivity (Wildman–Crippen MR) is 71.6 cm³/mol. The minimum atomic E-state index is -0.0775. The Balaban J connectivity index is 2.80. The number of ether oxygens (including phenoxy) is 2. The molecule has 1 heterocycles. The average molecular weight is 257 g/mol. The van der Waals surface area contributed by atoms with Gasteiger partial charge in [-0.2, -0.15) is 0 Å². The van der Waals surface area contributed by atoms with Gasteiger partial charge in [0.1, 0.15) is 0 Å². The largest absolute Gasteiger partial charge is 0.466 e. The van der Waals surface area contributed by atoms with E-state index in [0.717, 1.165) is 45.6 Å². The molecule has 1 saturated heterocycles. The van der Waals surface area contributed by atoms with Crippen molar-refractivity contribution in [3.05, 3.63) is 0 Å². The van der Waals surface area contributed by atoms with Gasteiger partial charge < -0.3 is 9.47 Å². The van der Waals surface area contributed by atoms with E-state index in [2.05, 4.69) is 18.7 Å². The molecule has 0 aromatic heterocycles. The Hall–Kier alpha value is -0.610. The molecule has 1 aliphatic heterocycles. The van der Waals surface area contributed by atoms with E-state index in [1.54, 1.807) is 0 Å². The molecule has 0 saturated carbocycles. The smallest absolute Gasteiger partial charge is 0.307 e. The van der Waals surface area contributed by atoms with Gasteiger partial charge in [-0.3, -0.25) is 9.69 Å². The number of carbonyl (C=O) groups excluding carboxylic acids is 1. The van der Waals surface area contributed by atoms with Crippen molar-refractivity contribution in [3.63, 3.8) is 0 Å². The minimum absolute atomic E-state index is 0.0632. The van der Waals surface area contributed by atoms with Crippen molar-refractivity contribution < 1.29 is 14.3 Å². The molecule has 0 bridgehead atoms. The predicted octanol–water partition coefficient (Wildman–Crippen LogP) is 2.22. The highest BCUT2D eigenvalue weighted by molar-refractivity contribution is 5.71. The first kappa shape index (κ1) is 15.4. The van der Waals surface area contributed by atoms with Crippen LogP contribution in [0.5, 0.6) is 0 Å². The Morgan fingerprint density at radius 2 is 1.94 bits per heavy atom. The molecule has 1 fully saturated rings. The standard InChI is InChI=1S/C14H27NO3/c1-4-15(5-2)14(12-13(16)18-6-3)8-7-10-17-11-9-14/h4-12H2,1-3H3. The molecule has 4 nitrogen and oxygen atoms in total. The molecule has 0 aliphatic carbocycles. The number of rotatable bonds is 6. The normalized spacial score (nSPS) is 24.9. The van der Waals surface area contributed by atoms with E-state index in [0.29, 0.717) is 13.0 Å². The fourth-order valence-electron chi connectivity index (χ4n) is 2.97. The van der Waals surface area contributed by atoms with Crippen LogP contribution in [0.1, 0.15) is 46.5 Å². The Kier molecular flexibility index (Phi) is 6.65. The molecule has 106 valence electrons. The monoisotopic (exact) mass is 257 g/mol. The molecule has 0 aromatic carbocycles. The van der Waals surface area contributed by atoms with E-state index in [1.807, 2.05) is 6.92 Å². The minimum Gasteiger partial charge on any atom is -0.466 e. The molecule has 1 aliphatic rings. The molecule has 0 aromatic rings. The zero-order valence-corrected chi connectivity index (χ0v) is 12.0. The van der Waals surface area contributed by atoms with Crippen LogP contribution in [0.2, 0.25) is 0 Å². The number of hydrogen-bond donors (Lipinski definition) is 0. The maximum Gasteiger partial charge on any atom is 0.307 e. The number of esters is 1. The van der Waals surface area contributed by atoms with Gasteiger partial charge in [-0.15, -0.1) is 0 Å². The van der Waals surface area contributed by atoms with Gasteiger partial charge in [-0.1, -0.05) is 13.8 Å². The lowest BCUT2D eigenvalue weighted by Crippen LogP contribution is -2.50. The summed E-state index contributed by atoms with van der Waals surface area (Å²) in [4.78, 5) is 14.3. The third-order valence-corrected chi connectivity index (χ3v) is 3.86. The van der Waals surface area contributed by atoms with Gasteiger partial charge in [0, 0.05) is 18.8 Å². The van der Waals surface area contributed by atoms with Crippen LogP contribution >= 0.6 is 0 Å². The third kappa shape index (κ3) is 3.95. The quantitative estimate of drug-likeness (QED) is 0.684. The van der Waals surface area contributed by atoms with E-state index >= 15 is 0 Å². The number of hydrogen-bond acceptors (Lipinski definition) is 4. The summed E-state index contributed by atoms with van der Waals surface area (Å²) in [5.74, 6) is -0.0775. The molecule has 0 radical (unpaired) electrons. The van der Waals surface area contributed by atoms with Gasteiger partial charge in [0.25, 0.3) is 0 Å². The summed E-state index contributed by atoms with van der Waals surface area (Å²) < 4.78 is 10.7. The number of carbonyl (C=O) groups is 1. The summed E-state index contributed by atoms with van der Waals surface area (Å²) >= 11 is 0. The van der Waals surface area contributed by atoms with Crippen molar-refractivity contribution in [1.29, 1.82) is 0 Å². The van der Waals surface area contributed by atoms with Crippen molar-refractivity contribution in [2.75, 3.05) is 32.9 Å². The molecule has 0 N–H and O–H groups in total. The van der Waals surface area contributed by atoms with Crippen molar-refractivity contribution in [1.82, 2.24) is 4.90 Å². The second kappa shape index (κ2) is 7.74. The highest BCUT2D eigenvalue weighted by Gasteiger charge is 2.38. The summed E-state index contributed by atoms with van der Waals surface area (Å²) in [7, 11) is 0. The van der Waals surface area contributed by atoms with Gasteiger partial charge in [0.05, 0.1) is 13.0 Å². The SMILES string of the molecule is CCOC(=O)CC1(N(CC)CC)CCCOCC1. The first-order valence-corrected chi connectivity index (χ1v) is 7.17. The van der Waals surface area contributed by atoms with Crippen LogP contribution in [0.3, 0.4) is 0 Å². The molecular weight excluding hydrogens is 230 g/mol. The molecule has 0 spiro atoms. The molecular formula is C14H27NO3. The van der Waals surface area contributed by atoms with Crippen molar-refractivity contribution in [2.24, 2.45) is 0 Å². The number of nitrogens with zero attached hydrogens (tertiary/aromatic N) is 1. The first-order chi connectivity index (χ1) is 8.68. The van der Waals surface area contributed by atoms with Gasteiger partial charge in [-0.25, -0.2) is 0 Å². The van der Waals surface area contributed by atoms with Gasteiger partial charge >= 0.3 is 5.97 Å². The van der Waals surface area contributed by atoms with E-state index in [1.165, 1.54) is 0 Å². The topological polar surface area (TPSA) is 38.8 Å². The van der Waals surface area contributed by atoms with Gasteiger partial charge in [0.2, 0.25) is 0 Å². The zero-order valence-electron chi connectivity index (χ0n) is 12.0. The fraction of sp³-hybridized carbons (Fsp3) is 0.929. The summed E-state index contributed by atoms with van der Waals surface area (Å²) in [5, 5.41) is 0. The maximum absolute atomic E-state index is 11.9. The zero-order chi connectivity index (χ0) is 13.4. The van der Waals surface area contributed by atoms with Crippen molar-refractivity contribution in [2.45, 2.75) is 52.0 Å². The Morgan fingerprint density at radius 1 is 1.22 bits per heavy atom. The van der Waals surface area contributed by atoms with Crippen LogP contribution in [0.15, 0.2) is 0 Å². The summed E-state index contributed by atoms with van der Waals surface area (Å²) in [6.45, 7) is 10.1. The maximum atomic E-state index is 11.9. The Labute approximate surface area is 111 Å². The van der Waals surface area contributed by atoms with Crippen molar-refractivity contribution in [3.8, 4) is 0 Å². The lowest BCUT2D eigenvalue weighted by Gasteiger charge is -2.42. The van der Waals surface area contributed by atoms with E-state index < -0.39 is 0 Å². The molecule has 1 unspecified atom stereocenters. The summed E-state index contributed by atoms with van der Waals surface area (Å²) in [5.41, 5.74) is -0.0632. The fourth-order valence-corrected chi connectivity index (χ4v) is 2.97. The highest BCUT2D eigenvalue weighted by Crippen LogP contribution is 2.32. The second-order valence-electron chi connectivity index (χ2n) is 4.84. The first-order valence-electron chi connectivity index (χ1n) is 7.17. The lowest BCUT2D eigenvalue weighted by atomic mass is 9.85. The van der Waals surface area contributed by atoms with E-state index in [9.17, 15) is 4.79 Å². The van der Waals surface area contributed by atoms with Crippen LogP contribution in [0.4, 0.5) is 0 Å². The third-order valence-electron chi connectivity index (χ3n) is 3.86. The summed E-state index contributed by atoms with van der Waals surface area (Å²) in [6, 6.07) is 0. The van der Waals surface area contributed by atoms with Crippen LogP contribution in [0, 0.1) is 0 Å². The Morgan fingerprint density at radius 3 is 2.56 bits per heavy atom. The highest BCUT2D eigenvalue weighted by atomic mass is 16.5. The van der Waals surface area contributed by atoms with Crippen LogP contribution in [-0.2, 0) is 14.3 Å². The Bertz CT molecular complexity index is 243. The van der Waals surface area contributed by atoms with Crippen LogP contribution in [0.25, 0.3) is 0 Å². The van der Waals surface area contributed by atoms with Crippen LogP contribution < -0.4 is 0 Å². The lowest BCUT2D eigenvalue weighted by molar-refractivity contribution is -0.147. The van der Waals surface area contributed by atoms with Gasteiger partial charge in [-0.05, 0) is 39.3 Å². The second-order valence-corrected chi connectivity index (χ2v) is 4.84. The van der Waals surface area contributed by atoms with Crippen molar-refractivity contribution >= 4 is 5.97 Å². The van der Waals surface area contributed by atoms with Gasteiger partial charge in [0.15, 0.2) is 0 Å². The van der Waals surface area contributed by atoms with E-state index in [4.69, 9.17) is 9.47 Å². The van der Waals surface area contributed by atoms with E-state index in [-0.39, 0.29) is 11.5 Å². The average Bonchev–Trinajstić information content (AvgIpc) is 2.57. The molecule has 1 rings (SSSR count). The van der Waals surface area contributed by atoms with Crippen LogP contribution in [-0.4, -0.2) is 49.3 Å². The summed E-state index contributed by atoms with van der Waals surface area (Å²) in [6.07, 6.45) is 3.46.